The summed E-state index contributed by atoms with van der Waals surface area (Å²) in [6.45, 7) is 7.02. The normalized spacial score (nSPS) is 24.4. The Morgan fingerprint density at radius 1 is 1.33 bits per heavy atom. The minimum absolute atomic E-state index is 0.0486. The average molecular weight is 257 g/mol. The van der Waals surface area contributed by atoms with Crippen molar-refractivity contribution in [1.82, 2.24) is 5.32 Å². The van der Waals surface area contributed by atoms with E-state index in [1.165, 1.54) is 0 Å². The predicted molar refractivity (Wildman–Crippen MR) is 67.1 cm³/mol. The van der Waals surface area contributed by atoms with E-state index in [9.17, 15) is 9.59 Å². The highest BCUT2D eigenvalue weighted by Crippen LogP contribution is 2.34. The third kappa shape index (κ3) is 3.70. The second-order valence-corrected chi connectivity index (χ2v) is 5.15. The van der Waals surface area contributed by atoms with Crippen LogP contribution in [0.25, 0.3) is 0 Å². The Morgan fingerprint density at radius 2 is 1.94 bits per heavy atom. The highest BCUT2D eigenvalue weighted by atomic mass is 16.5. The number of amides is 1. The first-order valence-electron chi connectivity index (χ1n) is 6.58. The summed E-state index contributed by atoms with van der Waals surface area (Å²) in [6, 6.07) is -0.0486. The van der Waals surface area contributed by atoms with E-state index in [1.54, 1.807) is 0 Å². The molecule has 0 aliphatic heterocycles. The van der Waals surface area contributed by atoms with Gasteiger partial charge in [-0.15, -0.1) is 0 Å². The molecule has 3 unspecified atom stereocenters. The number of ether oxygens (including phenoxy) is 1. The molecule has 1 aliphatic carbocycles. The summed E-state index contributed by atoms with van der Waals surface area (Å²) in [7, 11) is 0. The number of hydrogen-bond donors (Lipinski definition) is 2. The van der Waals surface area contributed by atoms with Crippen LogP contribution in [0.3, 0.4) is 0 Å². The van der Waals surface area contributed by atoms with Crippen molar-refractivity contribution < 1.29 is 19.4 Å². The molecule has 1 amide bonds. The van der Waals surface area contributed by atoms with Gasteiger partial charge in [-0.05, 0) is 25.7 Å². The Kier molecular flexibility index (Phi) is 5.59. The van der Waals surface area contributed by atoms with E-state index < -0.39 is 11.9 Å². The minimum atomic E-state index is -0.868. The summed E-state index contributed by atoms with van der Waals surface area (Å²) >= 11 is 0. The third-order valence-electron chi connectivity index (χ3n) is 3.56. The van der Waals surface area contributed by atoms with Crippen molar-refractivity contribution in [2.24, 2.45) is 17.8 Å². The van der Waals surface area contributed by atoms with Crippen LogP contribution in [0.1, 0.15) is 33.6 Å². The Balaban J connectivity index is 2.48. The molecule has 1 aliphatic rings. The zero-order valence-corrected chi connectivity index (χ0v) is 11.3. The first-order valence-corrected chi connectivity index (χ1v) is 6.58. The first-order chi connectivity index (χ1) is 8.47. The SMILES string of the molecule is CCOCC(NC(=O)C1CCC1C(=O)O)C(C)C. The molecule has 18 heavy (non-hydrogen) atoms. The van der Waals surface area contributed by atoms with Gasteiger partial charge in [0, 0.05) is 6.61 Å². The summed E-state index contributed by atoms with van der Waals surface area (Å²) < 4.78 is 5.33. The number of rotatable bonds is 7. The summed E-state index contributed by atoms with van der Waals surface area (Å²) in [5.74, 6) is -1.63. The second-order valence-electron chi connectivity index (χ2n) is 5.15. The van der Waals surface area contributed by atoms with Crippen LogP contribution in [0.2, 0.25) is 0 Å². The Bertz CT molecular complexity index is 303. The number of hydrogen-bond acceptors (Lipinski definition) is 3. The smallest absolute Gasteiger partial charge is 0.307 e. The van der Waals surface area contributed by atoms with Gasteiger partial charge in [-0.2, -0.15) is 0 Å². The summed E-state index contributed by atoms with van der Waals surface area (Å²) in [5, 5.41) is 11.8. The number of nitrogens with one attached hydrogen (secondary N) is 1. The molecule has 1 fully saturated rings. The average Bonchev–Trinajstić information content (AvgIpc) is 2.21. The van der Waals surface area contributed by atoms with Gasteiger partial charge in [0.05, 0.1) is 24.5 Å². The van der Waals surface area contributed by atoms with Gasteiger partial charge in [-0.1, -0.05) is 13.8 Å². The fraction of sp³-hybridized carbons (Fsp3) is 0.846. The fourth-order valence-corrected chi connectivity index (χ4v) is 2.04. The van der Waals surface area contributed by atoms with Crippen LogP contribution < -0.4 is 5.32 Å². The lowest BCUT2D eigenvalue weighted by molar-refractivity contribution is -0.153. The minimum Gasteiger partial charge on any atom is -0.481 e. The molecule has 104 valence electrons. The summed E-state index contributed by atoms with van der Waals surface area (Å²) in [6.07, 6.45) is 1.27. The number of carboxylic acid groups (broad SMARTS) is 1. The molecule has 0 aromatic carbocycles. The molecule has 0 aromatic rings. The van der Waals surface area contributed by atoms with E-state index in [1.807, 2.05) is 20.8 Å². The molecule has 0 bridgehead atoms. The number of carbonyl (C=O) groups is 2. The van der Waals surface area contributed by atoms with Crippen LogP contribution in [0.5, 0.6) is 0 Å². The van der Waals surface area contributed by atoms with Crippen molar-refractivity contribution in [1.29, 1.82) is 0 Å². The monoisotopic (exact) mass is 257 g/mol. The molecule has 1 rings (SSSR count). The second kappa shape index (κ2) is 6.73. The molecule has 0 heterocycles. The van der Waals surface area contributed by atoms with E-state index >= 15 is 0 Å². The maximum absolute atomic E-state index is 12.0. The van der Waals surface area contributed by atoms with Gasteiger partial charge in [0.1, 0.15) is 0 Å². The maximum atomic E-state index is 12.0. The van der Waals surface area contributed by atoms with E-state index in [0.717, 1.165) is 0 Å². The van der Waals surface area contributed by atoms with Crippen LogP contribution in [0, 0.1) is 17.8 Å². The Labute approximate surface area is 108 Å². The van der Waals surface area contributed by atoms with Crippen molar-refractivity contribution >= 4 is 11.9 Å². The van der Waals surface area contributed by atoms with Gasteiger partial charge in [0.15, 0.2) is 0 Å². The quantitative estimate of drug-likeness (QED) is 0.720. The standard InChI is InChI=1S/C13H23NO4/c1-4-18-7-11(8(2)3)14-12(15)9-5-6-10(9)13(16)17/h8-11H,4-7H2,1-3H3,(H,14,15)(H,16,17). The van der Waals surface area contributed by atoms with Crippen LogP contribution in [0.15, 0.2) is 0 Å². The van der Waals surface area contributed by atoms with E-state index in [0.29, 0.717) is 26.1 Å². The molecular weight excluding hydrogens is 234 g/mol. The van der Waals surface area contributed by atoms with E-state index in [-0.39, 0.29) is 23.8 Å². The molecule has 1 saturated carbocycles. The topological polar surface area (TPSA) is 75.6 Å². The van der Waals surface area contributed by atoms with Gasteiger partial charge in [-0.3, -0.25) is 9.59 Å². The fourth-order valence-electron chi connectivity index (χ4n) is 2.04. The first kappa shape index (κ1) is 15.0. The summed E-state index contributed by atoms with van der Waals surface area (Å²) in [5.41, 5.74) is 0. The van der Waals surface area contributed by atoms with Crippen LogP contribution in [-0.4, -0.2) is 36.2 Å². The molecule has 0 saturated heterocycles. The van der Waals surface area contributed by atoms with Crippen molar-refractivity contribution in [3.8, 4) is 0 Å². The zero-order valence-electron chi connectivity index (χ0n) is 11.3. The molecule has 5 nitrogen and oxygen atoms in total. The molecule has 0 radical (unpaired) electrons. The van der Waals surface area contributed by atoms with Crippen molar-refractivity contribution in [3.63, 3.8) is 0 Å². The van der Waals surface area contributed by atoms with Crippen LogP contribution in [-0.2, 0) is 14.3 Å². The molecule has 3 atom stereocenters. The largest absolute Gasteiger partial charge is 0.481 e. The van der Waals surface area contributed by atoms with Crippen molar-refractivity contribution in [2.75, 3.05) is 13.2 Å². The highest BCUT2D eigenvalue weighted by molar-refractivity contribution is 5.86. The van der Waals surface area contributed by atoms with Gasteiger partial charge in [0.2, 0.25) is 5.91 Å². The third-order valence-corrected chi connectivity index (χ3v) is 3.56. The Hall–Kier alpha value is -1.10. The number of carboxylic acids is 1. The molecule has 2 N–H and O–H groups in total. The molecular formula is C13H23NO4. The lowest BCUT2D eigenvalue weighted by Crippen LogP contribution is -2.50. The van der Waals surface area contributed by atoms with Crippen LogP contribution >= 0.6 is 0 Å². The number of aliphatic carboxylic acids is 1. The Morgan fingerprint density at radius 3 is 2.33 bits per heavy atom. The van der Waals surface area contributed by atoms with E-state index in [4.69, 9.17) is 9.84 Å². The maximum Gasteiger partial charge on any atom is 0.307 e. The van der Waals surface area contributed by atoms with E-state index in [2.05, 4.69) is 5.32 Å². The summed E-state index contributed by atoms with van der Waals surface area (Å²) in [4.78, 5) is 22.9. The van der Waals surface area contributed by atoms with Crippen LogP contribution in [0.4, 0.5) is 0 Å². The van der Waals surface area contributed by atoms with Gasteiger partial charge in [-0.25, -0.2) is 0 Å². The number of carbonyl (C=O) groups excluding carboxylic acids is 1. The van der Waals surface area contributed by atoms with Gasteiger partial charge >= 0.3 is 5.97 Å². The van der Waals surface area contributed by atoms with Crippen molar-refractivity contribution in [3.05, 3.63) is 0 Å². The van der Waals surface area contributed by atoms with Crippen molar-refractivity contribution in [2.45, 2.75) is 39.7 Å². The molecule has 0 aromatic heterocycles. The predicted octanol–water partition coefficient (Wildman–Crippen LogP) is 1.27. The molecule has 0 spiro atoms. The zero-order chi connectivity index (χ0) is 13.7. The van der Waals surface area contributed by atoms with Gasteiger partial charge in [0.25, 0.3) is 0 Å². The van der Waals surface area contributed by atoms with Gasteiger partial charge < -0.3 is 15.2 Å². The lowest BCUT2D eigenvalue weighted by Gasteiger charge is -2.34. The lowest BCUT2D eigenvalue weighted by atomic mass is 9.73. The highest BCUT2D eigenvalue weighted by Gasteiger charge is 2.41. The molecule has 5 heteroatoms.